The van der Waals surface area contributed by atoms with E-state index in [1.165, 1.54) is 12.5 Å². The number of aliphatic hydroxyl groups excluding tert-OH is 1. The molecule has 0 rings (SSSR count). The molecule has 3 heteroatoms. The molecule has 0 aromatic rings. The maximum atomic E-state index is 10.5. The van der Waals surface area contributed by atoms with Crippen molar-refractivity contribution in [3.05, 3.63) is 11.6 Å². The van der Waals surface area contributed by atoms with Gasteiger partial charge in [0.1, 0.15) is 0 Å². The monoisotopic (exact) mass is 186 g/mol. The predicted molar refractivity (Wildman–Crippen MR) is 51.5 cm³/mol. The second kappa shape index (κ2) is 5.75. The van der Waals surface area contributed by atoms with Gasteiger partial charge in [-0.2, -0.15) is 0 Å². The molecule has 3 nitrogen and oxygen atoms in total. The first-order valence-electron chi connectivity index (χ1n) is 4.49. The van der Waals surface area contributed by atoms with Crippen molar-refractivity contribution >= 4 is 5.97 Å². The van der Waals surface area contributed by atoms with Crippen molar-refractivity contribution in [3.8, 4) is 0 Å². The molecule has 0 bridgehead atoms. The first kappa shape index (κ1) is 12.2. The highest BCUT2D eigenvalue weighted by atomic mass is 16.4. The lowest BCUT2D eigenvalue weighted by molar-refractivity contribution is -0.144. The molecule has 0 heterocycles. The summed E-state index contributed by atoms with van der Waals surface area (Å²) < 4.78 is 0. The second-order valence-electron chi connectivity index (χ2n) is 3.55. The van der Waals surface area contributed by atoms with Gasteiger partial charge in [-0.3, -0.25) is 4.79 Å². The highest BCUT2D eigenvalue weighted by Crippen LogP contribution is 2.10. The van der Waals surface area contributed by atoms with E-state index in [0.717, 1.165) is 6.42 Å². The van der Waals surface area contributed by atoms with Crippen molar-refractivity contribution in [2.75, 3.05) is 0 Å². The van der Waals surface area contributed by atoms with Crippen molar-refractivity contribution in [2.24, 2.45) is 5.92 Å². The molecule has 13 heavy (non-hydrogen) atoms. The van der Waals surface area contributed by atoms with Gasteiger partial charge in [0.15, 0.2) is 0 Å². The number of rotatable bonds is 5. The third-order valence-corrected chi connectivity index (χ3v) is 1.98. The Kier molecular flexibility index (Phi) is 5.39. The Balaban J connectivity index is 3.81. The fourth-order valence-corrected chi connectivity index (χ4v) is 0.957. The van der Waals surface area contributed by atoms with Gasteiger partial charge < -0.3 is 10.2 Å². The average molecular weight is 186 g/mol. The lowest BCUT2D eigenvalue weighted by Gasteiger charge is -2.13. The van der Waals surface area contributed by atoms with E-state index in [9.17, 15) is 9.90 Å². The van der Waals surface area contributed by atoms with Crippen molar-refractivity contribution in [1.29, 1.82) is 0 Å². The van der Waals surface area contributed by atoms with Gasteiger partial charge in [-0.1, -0.05) is 11.6 Å². The molecule has 76 valence electrons. The van der Waals surface area contributed by atoms with E-state index in [2.05, 4.69) is 0 Å². The molecule has 0 aliphatic carbocycles. The van der Waals surface area contributed by atoms with E-state index in [4.69, 9.17) is 5.11 Å². The Labute approximate surface area is 79.1 Å². The zero-order valence-electron chi connectivity index (χ0n) is 8.45. The van der Waals surface area contributed by atoms with Crippen LogP contribution in [0.3, 0.4) is 0 Å². The smallest absolute Gasteiger partial charge is 0.308 e. The van der Waals surface area contributed by atoms with Crippen LogP contribution in [0.5, 0.6) is 0 Å². The standard InChI is InChI=1S/C10H18O3/c1-7(2)5-4-6-9(11)8(3)10(12)13/h5,8-9,11H,4,6H2,1-3H3,(H,12,13)/t8-,9?/m1/s1. The van der Waals surface area contributed by atoms with Crippen LogP contribution < -0.4 is 0 Å². The zero-order valence-corrected chi connectivity index (χ0v) is 8.45. The van der Waals surface area contributed by atoms with Crippen LogP contribution in [0.15, 0.2) is 11.6 Å². The number of hydrogen-bond donors (Lipinski definition) is 2. The molecule has 0 fully saturated rings. The number of carboxylic acid groups (broad SMARTS) is 1. The van der Waals surface area contributed by atoms with E-state index in [1.54, 1.807) is 0 Å². The predicted octanol–water partition coefficient (Wildman–Crippen LogP) is 1.81. The van der Waals surface area contributed by atoms with Gasteiger partial charge in [0.05, 0.1) is 12.0 Å². The molecule has 0 aliphatic heterocycles. The zero-order chi connectivity index (χ0) is 10.4. The minimum absolute atomic E-state index is 0.513. The van der Waals surface area contributed by atoms with Crippen molar-refractivity contribution in [2.45, 2.75) is 39.7 Å². The van der Waals surface area contributed by atoms with Gasteiger partial charge >= 0.3 is 5.97 Å². The molecule has 0 saturated heterocycles. The third kappa shape index (κ3) is 5.42. The second-order valence-corrected chi connectivity index (χ2v) is 3.55. The summed E-state index contributed by atoms with van der Waals surface area (Å²) in [5.74, 6) is -1.62. The fourth-order valence-electron chi connectivity index (χ4n) is 0.957. The van der Waals surface area contributed by atoms with E-state index < -0.39 is 18.0 Å². The molecule has 2 atom stereocenters. The molecule has 2 N–H and O–H groups in total. The molecule has 0 spiro atoms. The quantitative estimate of drug-likeness (QED) is 0.644. The molecule has 1 unspecified atom stereocenters. The minimum Gasteiger partial charge on any atom is -0.481 e. The molecule has 0 saturated carbocycles. The Morgan fingerprint density at radius 3 is 2.38 bits per heavy atom. The van der Waals surface area contributed by atoms with E-state index in [1.807, 2.05) is 19.9 Å². The summed E-state index contributed by atoms with van der Waals surface area (Å²) in [5, 5.41) is 18.0. The maximum absolute atomic E-state index is 10.5. The maximum Gasteiger partial charge on any atom is 0.308 e. The highest BCUT2D eigenvalue weighted by molar-refractivity contribution is 5.70. The lowest BCUT2D eigenvalue weighted by atomic mass is 10.0. The van der Waals surface area contributed by atoms with Crippen LogP contribution in [0, 0.1) is 5.92 Å². The van der Waals surface area contributed by atoms with Gasteiger partial charge in [0.2, 0.25) is 0 Å². The van der Waals surface area contributed by atoms with Crippen LogP contribution in [0.4, 0.5) is 0 Å². The molecule has 0 amide bonds. The number of carboxylic acids is 1. The van der Waals surface area contributed by atoms with Gasteiger partial charge in [-0.15, -0.1) is 0 Å². The van der Waals surface area contributed by atoms with Crippen molar-refractivity contribution in [1.82, 2.24) is 0 Å². The molecular formula is C10H18O3. The summed E-state index contributed by atoms with van der Waals surface area (Å²) in [7, 11) is 0. The molecule has 0 aliphatic rings. The Bertz CT molecular complexity index is 192. The number of hydrogen-bond acceptors (Lipinski definition) is 2. The summed E-state index contributed by atoms with van der Waals surface area (Å²) in [4.78, 5) is 10.5. The largest absolute Gasteiger partial charge is 0.481 e. The Hall–Kier alpha value is -0.830. The van der Waals surface area contributed by atoms with Crippen molar-refractivity contribution < 1.29 is 15.0 Å². The molecular weight excluding hydrogens is 168 g/mol. The van der Waals surface area contributed by atoms with Crippen LogP contribution in [0.1, 0.15) is 33.6 Å². The van der Waals surface area contributed by atoms with Crippen LogP contribution >= 0.6 is 0 Å². The normalized spacial score (nSPS) is 14.8. The van der Waals surface area contributed by atoms with Gasteiger partial charge in [0.25, 0.3) is 0 Å². The summed E-state index contributed by atoms with van der Waals surface area (Å²) in [6.45, 7) is 5.48. The average Bonchev–Trinajstić information content (AvgIpc) is 2.02. The van der Waals surface area contributed by atoms with Gasteiger partial charge in [-0.25, -0.2) is 0 Å². The summed E-state index contributed by atoms with van der Waals surface area (Å²) in [6, 6.07) is 0. The Morgan fingerprint density at radius 1 is 1.46 bits per heavy atom. The van der Waals surface area contributed by atoms with Crippen molar-refractivity contribution in [3.63, 3.8) is 0 Å². The molecule has 0 aromatic carbocycles. The van der Waals surface area contributed by atoms with E-state index >= 15 is 0 Å². The van der Waals surface area contributed by atoms with Crippen LogP contribution in [0.2, 0.25) is 0 Å². The van der Waals surface area contributed by atoms with E-state index in [-0.39, 0.29) is 0 Å². The van der Waals surface area contributed by atoms with Crippen LogP contribution in [-0.2, 0) is 4.79 Å². The van der Waals surface area contributed by atoms with Crippen LogP contribution in [0.25, 0.3) is 0 Å². The topological polar surface area (TPSA) is 57.5 Å². The minimum atomic E-state index is -0.940. The first-order valence-corrected chi connectivity index (χ1v) is 4.49. The van der Waals surface area contributed by atoms with E-state index in [0.29, 0.717) is 6.42 Å². The number of aliphatic hydroxyl groups is 1. The summed E-state index contributed by atoms with van der Waals surface area (Å²) in [6.07, 6.45) is 2.51. The van der Waals surface area contributed by atoms with Crippen LogP contribution in [-0.4, -0.2) is 22.3 Å². The third-order valence-electron chi connectivity index (χ3n) is 1.98. The van der Waals surface area contributed by atoms with Gasteiger partial charge in [-0.05, 0) is 33.6 Å². The number of carbonyl (C=O) groups is 1. The number of aliphatic carboxylic acids is 1. The lowest BCUT2D eigenvalue weighted by Crippen LogP contribution is -2.24. The molecule has 0 aromatic heterocycles. The number of allylic oxidation sites excluding steroid dienone is 2. The van der Waals surface area contributed by atoms with Gasteiger partial charge in [0, 0.05) is 0 Å². The Morgan fingerprint density at radius 2 is 2.00 bits per heavy atom. The summed E-state index contributed by atoms with van der Waals surface area (Å²) >= 11 is 0. The first-order chi connectivity index (χ1) is 5.95. The molecule has 0 radical (unpaired) electrons. The highest BCUT2D eigenvalue weighted by Gasteiger charge is 2.19. The fraction of sp³-hybridized carbons (Fsp3) is 0.700. The SMILES string of the molecule is CC(C)=CCCC(O)[C@@H](C)C(=O)O. The summed E-state index contributed by atoms with van der Waals surface area (Å²) in [5.41, 5.74) is 1.19.